The third-order valence-electron chi connectivity index (χ3n) is 1.57. The van der Waals surface area contributed by atoms with Crippen molar-refractivity contribution in [2.24, 2.45) is 0 Å². The molecule has 1 aromatic heterocycles. The minimum Gasteiger partial charge on any atom is -0.398 e. The maximum atomic E-state index is 8.60. The summed E-state index contributed by atoms with van der Waals surface area (Å²) in [6, 6.07) is 1.80. The lowest BCUT2D eigenvalue weighted by atomic mass is 10.2. The molecule has 60 valence electrons. The molecule has 0 aliphatic carbocycles. The Bertz CT molecular complexity index is 248. The van der Waals surface area contributed by atoms with E-state index in [0.29, 0.717) is 6.42 Å². The number of hydrogen-bond donors (Lipinski definition) is 2. The van der Waals surface area contributed by atoms with Gasteiger partial charge in [-0.3, -0.25) is 4.98 Å². The van der Waals surface area contributed by atoms with Gasteiger partial charge in [-0.1, -0.05) is 0 Å². The van der Waals surface area contributed by atoms with Crippen molar-refractivity contribution in [3.8, 4) is 0 Å². The molecule has 0 radical (unpaired) electrons. The highest BCUT2D eigenvalue weighted by Gasteiger charge is 1.96. The van der Waals surface area contributed by atoms with Gasteiger partial charge in [0.15, 0.2) is 0 Å². The van der Waals surface area contributed by atoms with Gasteiger partial charge in [-0.2, -0.15) is 0 Å². The lowest BCUT2D eigenvalue weighted by Crippen LogP contribution is -1.98. The minimum absolute atomic E-state index is 0.121. The molecule has 0 spiro atoms. The van der Waals surface area contributed by atoms with E-state index in [2.05, 4.69) is 4.98 Å². The van der Waals surface area contributed by atoms with Gasteiger partial charge >= 0.3 is 0 Å². The van der Waals surface area contributed by atoms with Crippen molar-refractivity contribution in [3.05, 3.63) is 23.5 Å². The Hall–Kier alpha value is -1.09. The van der Waals surface area contributed by atoms with Crippen LogP contribution in [0.2, 0.25) is 0 Å². The number of nitrogens with zero attached hydrogens (tertiary/aromatic N) is 1. The highest BCUT2D eigenvalue weighted by molar-refractivity contribution is 5.45. The summed E-state index contributed by atoms with van der Waals surface area (Å²) in [6.07, 6.45) is 2.30. The molecule has 0 aliphatic rings. The van der Waals surface area contributed by atoms with E-state index in [1.807, 2.05) is 6.92 Å². The predicted molar refractivity (Wildman–Crippen MR) is 44.2 cm³/mol. The smallest absolute Gasteiger partial charge is 0.0486 e. The summed E-state index contributed by atoms with van der Waals surface area (Å²) in [5.74, 6) is 0. The van der Waals surface area contributed by atoms with Crippen LogP contribution in [0, 0.1) is 6.92 Å². The molecule has 1 rings (SSSR count). The van der Waals surface area contributed by atoms with Gasteiger partial charge in [-0.25, -0.2) is 0 Å². The SMILES string of the molecule is Cc1cnc(CCO)cc1N. The zero-order chi connectivity index (χ0) is 8.27. The molecule has 0 saturated carbocycles. The van der Waals surface area contributed by atoms with Crippen LogP contribution in [-0.4, -0.2) is 16.7 Å². The molecule has 1 heterocycles. The van der Waals surface area contributed by atoms with E-state index in [4.69, 9.17) is 10.8 Å². The topological polar surface area (TPSA) is 59.1 Å². The van der Waals surface area contributed by atoms with Crippen LogP contribution in [0.15, 0.2) is 12.3 Å². The highest BCUT2D eigenvalue weighted by atomic mass is 16.3. The molecule has 0 aliphatic heterocycles. The maximum absolute atomic E-state index is 8.60. The second kappa shape index (κ2) is 3.34. The van der Waals surface area contributed by atoms with Crippen LogP contribution in [0.5, 0.6) is 0 Å². The van der Waals surface area contributed by atoms with E-state index >= 15 is 0 Å². The Kier molecular flexibility index (Phi) is 2.44. The number of nitrogen functional groups attached to an aromatic ring is 1. The van der Waals surface area contributed by atoms with Gasteiger partial charge in [0.05, 0.1) is 0 Å². The molecular formula is C8H12N2O. The average Bonchev–Trinajstić information content (AvgIpc) is 1.98. The van der Waals surface area contributed by atoms with E-state index in [9.17, 15) is 0 Å². The number of hydrogen-bond acceptors (Lipinski definition) is 3. The van der Waals surface area contributed by atoms with Crippen LogP contribution in [-0.2, 0) is 6.42 Å². The standard InChI is InChI=1S/C8H12N2O/c1-6-5-10-7(2-3-11)4-8(6)9/h4-5,11H,2-3H2,1H3,(H2,9,10). The van der Waals surface area contributed by atoms with Crippen molar-refractivity contribution in [3.63, 3.8) is 0 Å². The first-order valence-electron chi connectivity index (χ1n) is 3.56. The van der Waals surface area contributed by atoms with Crippen LogP contribution in [0.25, 0.3) is 0 Å². The van der Waals surface area contributed by atoms with Gasteiger partial charge in [0.2, 0.25) is 0 Å². The molecule has 0 fully saturated rings. The molecule has 3 N–H and O–H groups in total. The van der Waals surface area contributed by atoms with Crippen molar-refractivity contribution in [1.82, 2.24) is 4.98 Å². The van der Waals surface area contributed by atoms with Gasteiger partial charge < -0.3 is 10.8 Å². The predicted octanol–water partition coefficient (Wildman–Crippen LogP) is 0.507. The molecular weight excluding hydrogens is 140 g/mol. The summed E-state index contributed by atoms with van der Waals surface area (Å²) in [5, 5.41) is 8.60. The molecule has 3 nitrogen and oxygen atoms in total. The van der Waals surface area contributed by atoms with Gasteiger partial charge in [-0.15, -0.1) is 0 Å². The van der Waals surface area contributed by atoms with Gasteiger partial charge in [-0.05, 0) is 18.6 Å². The number of aliphatic hydroxyl groups excluding tert-OH is 1. The monoisotopic (exact) mass is 152 g/mol. The maximum Gasteiger partial charge on any atom is 0.0486 e. The first kappa shape index (κ1) is 8.01. The summed E-state index contributed by atoms with van der Waals surface area (Å²) in [4.78, 5) is 4.09. The lowest BCUT2D eigenvalue weighted by Gasteiger charge is -2.01. The molecule has 0 aromatic carbocycles. The first-order valence-corrected chi connectivity index (χ1v) is 3.56. The van der Waals surface area contributed by atoms with Crippen molar-refractivity contribution >= 4 is 5.69 Å². The molecule has 11 heavy (non-hydrogen) atoms. The summed E-state index contributed by atoms with van der Waals surface area (Å²) < 4.78 is 0. The summed E-state index contributed by atoms with van der Waals surface area (Å²) in [7, 11) is 0. The number of aromatic nitrogens is 1. The van der Waals surface area contributed by atoms with Crippen molar-refractivity contribution in [1.29, 1.82) is 0 Å². The number of nitrogens with two attached hydrogens (primary N) is 1. The van der Waals surface area contributed by atoms with Crippen LogP contribution < -0.4 is 5.73 Å². The third-order valence-corrected chi connectivity index (χ3v) is 1.57. The van der Waals surface area contributed by atoms with E-state index in [1.54, 1.807) is 12.3 Å². The molecule has 0 saturated heterocycles. The molecule has 0 atom stereocenters. The Morgan fingerprint density at radius 2 is 2.36 bits per heavy atom. The fraction of sp³-hybridized carbons (Fsp3) is 0.375. The van der Waals surface area contributed by atoms with Crippen LogP contribution >= 0.6 is 0 Å². The second-order valence-corrected chi connectivity index (χ2v) is 2.51. The van der Waals surface area contributed by atoms with Crippen LogP contribution in [0.1, 0.15) is 11.3 Å². The normalized spacial score (nSPS) is 10.0. The van der Waals surface area contributed by atoms with Crippen molar-refractivity contribution < 1.29 is 5.11 Å². The zero-order valence-corrected chi connectivity index (χ0v) is 6.54. The van der Waals surface area contributed by atoms with E-state index in [0.717, 1.165) is 16.9 Å². The van der Waals surface area contributed by atoms with Gasteiger partial charge in [0, 0.05) is 30.6 Å². The molecule has 0 bridgehead atoms. The van der Waals surface area contributed by atoms with E-state index < -0.39 is 0 Å². The quantitative estimate of drug-likeness (QED) is 0.649. The van der Waals surface area contributed by atoms with Crippen molar-refractivity contribution in [2.45, 2.75) is 13.3 Å². The Morgan fingerprint density at radius 1 is 1.64 bits per heavy atom. The highest BCUT2D eigenvalue weighted by Crippen LogP contribution is 2.09. The molecule has 3 heteroatoms. The van der Waals surface area contributed by atoms with Gasteiger partial charge in [0.25, 0.3) is 0 Å². The number of pyridine rings is 1. The fourth-order valence-corrected chi connectivity index (χ4v) is 0.836. The summed E-state index contributed by atoms with van der Waals surface area (Å²) >= 11 is 0. The van der Waals surface area contributed by atoms with E-state index in [-0.39, 0.29) is 6.61 Å². The molecule has 0 unspecified atom stereocenters. The number of rotatable bonds is 2. The number of aliphatic hydroxyl groups is 1. The number of aryl methyl sites for hydroxylation is 1. The van der Waals surface area contributed by atoms with Crippen molar-refractivity contribution in [2.75, 3.05) is 12.3 Å². The lowest BCUT2D eigenvalue weighted by molar-refractivity contribution is 0.298. The molecule has 0 amide bonds. The summed E-state index contributed by atoms with van der Waals surface area (Å²) in [6.45, 7) is 2.03. The van der Waals surface area contributed by atoms with Crippen LogP contribution in [0.3, 0.4) is 0 Å². The first-order chi connectivity index (χ1) is 5.24. The Balaban J connectivity index is 2.86. The Morgan fingerprint density at radius 3 is 2.91 bits per heavy atom. The number of anilines is 1. The largest absolute Gasteiger partial charge is 0.398 e. The van der Waals surface area contributed by atoms with Gasteiger partial charge in [0.1, 0.15) is 0 Å². The minimum atomic E-state index is 0.121. The fourth-order valence-electron chi connectivity index (χ4n) is 0.836. The average molecular weight is 152 g/mol. The van der Waals surface area contributed by atoms with E-state index in [1.165, 1.54) is 0 Å². The third kappa shape index (κ3) is 1.91. The second-order valence-electron chi connectivity index (χ2n) is 2.51. The Labute approximate surface area is 65.9 Å². The van der Waals surface area contributed by atoms with Crippen LogP contribution in [0.4, 0.5) is 5.69 Å². The summed E-state index contributed by atoms with van der Waals surface area (Å²) in [5.41, 5.74) is 8.19. The zero-order valence-electron chi connectivity index (χ0n) is 6.54. The molecule has 1 aromatic rings.